The highest BCUT2D eigenvalue weighted by Crippen LogP contribution is 2.11. The molecule has 5 heteroatoms. The van der Waals surface area contributed by atoms with Crippen molar-refractivity contribution in [2.75, 3.05) is 33.4 Å². The number of aryl methyl sites for hydroxylation is 1. The van der Waals surface area contributed by atoms with Crippen molar-refractivity contribution in [1.29, 1.82) is 0 Å². The quantitative estimate of drug-likeness (QED) is 0.437. The standard InChI is InChI=1S/C16H27N3O2/c1-5-17-16(19-14(3)12-20-4)18-9-10-21-15-8-6-7-13(2)11-15/h6-8,11,14H,5,9-10,12H2,1-4H3,(H2,17,18,19). The van der Waals surface area contributed by atoms with Crippen molar-refractivity contribution in [3.63, 3.8) is 0 Å². The Balaban J connectivity index is 2.39. The molecule has 0 fully saturated rings. The summed E-state index contributed by atoms with van der Waals surface area (Å²) in [5.74, 6) is 1.67. The second-order valence-corrected chi connectivity index (χ2v) is 4.93. The van der Waals surface area contributed by atoms with Gasteiger partial charge >= 0.3 is 0 Å². The van der Waals surface area contributed by atoms with Gasteiger partial charge in [-0.05, 0) is 38.5 Å². The topological polar surface area (TPSA) is 54.9 Å². The van der Waals surface area contributed by atoms with Gasteiger partial charge in [0, 0.05) is 19.7 Å². The van der Waals surface area contributed by atoms with Crippen LogP contribution in [0.1, 0.15) is 19.4 Å². The molecule has 2 N–H and O–H groups in total. The van der Waals surface area contributed by atoms with Gasteiger partial charge in [-0.15, -0.1) is 0 Å². The van der Waals surface area contributed by atoms with Crippen LogP contribution in [0.4, 0.5) is 0 Å². The minimum absolute atomic E-state index is 0.213. The van der Waals surface area contributed by atoms with E-state index < -0.39 is 0 Å². The Morgan fingerprint density at radius 1 is 1.38 bits per heavy atom. The summed E-state index contributed by atoms with van der Waals surface area (Å²) in [6.07, 6.45) is 0. The Hall–Kier alpha value is -1.75. The molecule has 21 heavy (non-hydrogen) atoms. The second kappa shape index (κ2) is 10.0. The van der Waals surface area contributed by atoms with Gasteiger partial charge in [-0.25, -0.2) is 4.99 Å². The number of nitrogens with one attached hydrogen (secondary N) is 2. The van der Waals surface area contributed by atoms with Crippen LogP contribution in [0.3, 0.4) is 0 Å². The first kappa shape index (κ1) is 17.3. The zero-order valence-electron chi connectivity index (χ0n) is 13.5. The number of rotatable bonds is 8. The Bertz CT molecular complexity index is 435. The lowest BCUT2D eigenvalue weighted by Crippen LogP contribution is -2.44. The molecule has 118 valence electrons. The average molecular weight is 293 g/mol. The maximum Gasteiger partial charge on any atom is 0.191 e. The molecule has 1 unspecified atom stereocenters. The van der Waals surface area contributed by atoms with Gasteiger partial charge in [0.25, 0.3) is 0 Å². The lowest BCUT2D eigenvalue weighted by atomic mass is 10.2. The van der Waals surface area contributed by atoms with Crippen LogP contribution in [-0.2, 0) is 4.74 Å². The predicted octanol–water partition coefficient (Wildman–Crippen LogP) is 1.96. The number of nitrogens with zero attached hydrogens (tertiary/aromatic N) is 1. The SMILES string of the molecule is CCNC(=NCCOc1cccc(C)c1)NC(C)COC. The number of methoxy groups -OCH3 is 1. The summed E-state index contributed by atoms with van der Waals surface area (Å²) in [4.78, 5) is 4.49. The summed E-state index contributed by atoms with van der Waals surface area (Å²) in [7, 11) is 1.69. The van der Waals surface area contributed by atoms with Gasteiger partial charge in [-0.1, -0.05) is 12.1 Å². The molecule has 1 aromatic carbocycles. The molecule has 0 saturated carbocycles. The third kappa shape index (κ3) is 7.56. The highest BCUT2D eigenvalue weighted by Gasteiger charge is 2.03. The van der Waals surface area contributed by atoms with Crippen LogP contribution >= 0.6 is 0 Å². The molecule has 1 atom stereocenters. The van der Waals surface area contributed by atoms with Gasteiger partial charge < -0.3 is 20.1 Å². The first-order valence-corrected chi connectivity index (χ1v) is 7.39. The van der Waals surface area contributed by atoms with E-state index in [-0.39, 0.29) is 6.04 Å². The van der Waals surface area contributed by atoms with Gasteiger partial charge in [0.05, 0.1) is 13.2 Å². The van der Waals surface area contributed by atoms with Crippen molar-refractivity contribution in [2.45, 2.75) is 26.8 Å². The van der Waals surface area contributed by atoms with Gasteiger partial charge in [0.15, 0.2) is 5.96 Å². The molecule has 0 aliphatic carbocycles. The summed E-state index contributed by atoms with van der Waals surface area (Å²) in [5, 5.41) is 6.49. The minimum Gasteiger partial charge on any atom is -0.492 e. The summed E-state index contributed by atoms with van der Waals surface area (Å²) >= 11 is 0. The second-order valence-electron chi connectivity index (χ2n) is 4.93. The van der Waals surface area contributed by atoms with Crippen molar-refractivity contribution in [1.82, 2.24) is 10.6 Å². The van der Waals surface area contributed by atoms with Crippen molar-refractivity contribution < 1.29 is 9.47 Å². The zero-order valence-corrected chi connectivity index (χ0v) is 13.5. The van der Waals surface area contributed by atoms with Crippen molar-refractivity contribution in [3.8, 4) is 5.75 Å². The van der Waals surface area contributed by atoms with E-state index in [0.717, 1.165) is 18.3 Å². The summed E-state index contributed by atoms with van der Waals surface area (Å²) in [6, 6.07) is 8.24. The van der Waals surface area contributed by atoms with E-state index in [1.54, 1.807) is 7.11 Å². The summed E-state index contributed by atoms with van der Waals surface area (Å²) < 4.78 is 10.8. The predicted molar refractivity (Wildman–Crippen MR) is 87.1 cm³/mol. The molecule has 0 saturated heterocycles. The summed E-state index contributed by atoms with van der Waals surface area (Å²) in [5.41, 5.74) is 1.19. The lowest BCUT2D eigenvalue weighted by Gasteiger charge is -2.17. The molecule has 0 amide bonds. The fourth-order valence-electron chi connectivity index (χ4n) is 1.87. The molecule has 0 bridgehead atoms. The molecular weight excluding hydrogens is 266 g/mol. The molecule has 0 radical (unpaired) electrons. The number of ether oxygens (including phenoxy) is 2. The number of guanidine groups is 1. The summed E-state index contributed by atoms with van der Waals surface area (Å²) in [6.45, 7) is 8.77. The van der Waals surface area contributed by atoms with E-state index in [4.69, 9.17) is 9.47 Å². The van der Waals surface area contributed by atoms with Crippen LogP contribution < -0.4 is 15.4 Å². The highest BCUT2D eigenvalue weighted by atomic mass is 16.5. The first-order chi connectivity index (χ1) is 10.2. The van der Waals surface area contributed by atoms with E-state index in [1.165, 1.54) is 5.56 Å². The Kier molecular flexibility index (Phi) is 8.28. The van der Waals surface area contributed by atoms with Crippen LogP contribution in [0.25, 0.3) is 0 Å². The molecule has 0 aromatic heterocycles. The zero-order chi connectivity index (χ0) is 15.5. The van der Waals surface area contributed by atoms with E-state index in [9.17, 15) is 0 Å². The maximum absolute atomic E-state index is 5.68. The number of hydrogen-bond donors (Lipinski definition) is 2. The Morgan fingerprint density at radius 2 is 2.19 bits per heavy atom. The fourth-order valence-corrected chi connectivity index (χ4v) is 1.87. The van der Waals surface area contributed by atoms with Crippen LogP contribution in [0, 0.1) is 6.92 Å². The number of benzene rings is 1. The van der Waals surface area contributed by atoms with Crippen LogP contribution in [0.2, 0.25) is 0 Å². The van der Waals surface area contributed by atoms with Crippen molar-refractivity contribution in [2.24, 2.45) is 4.99 Å². The fraction of sp³-hybridized carbons (Fsp3) is 0.562. The third-order valence-corrected chi connectivity index (χ3v) is 2.76. The normalized spacial score (nSPS) is 12.9. The Morgan fingerprint density at radius 3 is 2.86 bits per heavy atom. The Labute approximate surface area is 127 Å². The maximum atomic E-state index is 5.68. The van der Waals surface area contributed by atoms with Crippen molar-refractivity contribution >= 4 is 5.96 Å². The van der Waals surface area contributed by atoms with Crippen LogP contribution in [0.5, 0.6) is 5.75 Å². The largest absolute Gasteiger partial charge is 0.492 e. The molecule has 5 nitrogen and oxygen atoms in total. The molecule has 0 heterocycles. The van der Waals surface area contributed by atoms with E-state index in [0.29, 0.717) is 19.8 Å². The van der Waals surface area contributed by atoms with Crippen LogP contribution in [-0.4, -0.2) is 45.4 Å². The molecule has 0 spiro atoms. The highest BCUT2D eigenvalue weighted by molar-refractivity contribution is 5.80. The molecule has 0 aliphatic heterocycles. The van der Waals surface area contributed by atoms with Crippen molar-refractivity contribution in [3.05, 3.63) is 29.8 Å². The smallest absolute Gasteiger partial charge is 0.191 e. The molecular formula is C16H27N3O2. The van der Waals surface area contributed by atoms with Gasteiger partial charge in [-0.2, -0.15) is 0 Å². The van der Waals surface area contributed by atoms with Crippen LogP contribution in [0.15, 0.2) is 29.3 Å². The molecule has 0 aliphatic rings. The average Bonchev–Trinajstić information content (AvgIpc) is 2.44. The van der Waals surface area contributed by atoms with Gasteiger partial charge in [0.2, 0.25) is 0 Å². The monoisotopic (exact) mass is 293 g/mol. The lowest BCUT2D eigenvalue weighted by molar-refractivity contribution is 0.179. The first-order valence-electron chi connectivity index (χ1n) is 7.39. The number of hydrogen-bond acceptors (Lipinski definition) is 3. The van der Waals surface area contributed by atoms with Gasteiger partial charge in [0.1, 0.15) is 12.4 Å². The molecule has 1 rings (SSSR count). The van der Waals surface area contributed by atoms with Gasteiger partial charge in [-0.3, -0.25) is 0 Å². The van der Waals surface area contributed by atoms with E-state index >= 15 is 0 Å². The molecule has 1 aromatic rings. The van der Waals surface area contributed by atoms with E-state index in [1.807, 2.05) is 25.1 Å². The minimum atomic E-state index is 0.213. The third-order valence-electron chi connectivity index (χ3n) is 2.76. The van der Waals surface area contributed by atoms with E-state index in [2.05, 4.69) is 35.5 Å². The number of aliphatic imine (C=N–C) groups is 1.